The van der Waals surface area contributed by atoms with Crippen LogP contribution in [0.25, 0.3) is 0 Å². The van der Waals surface area contributed by atoms with Gasteiger partial charge < -0.3 is 24.4 Å². The van der Waals surface area contributed by atoms with Gasteiger partial charge in [0, 0.05) is 13.1 Å². The Morgan fingerprint density at radius 2 is 1.93 bits per heavy atom. The summed E-state index contributed by atoms with van der Waals surface area (Å²) in [6.07, 6.45) is -1.14. The average Bonchev–Trinajstić information content (AvgIpc) is 2.73. The number of benzene rings is 1. The topological polar surface area (TPSA) is 101 Å². The lowest BCUT2D eigenvalue weighted by Gasteiger charge is -2.28. The van der Waals surface area contributed by atoms with Gasteiger partial charge in [-0.3, -0.25) is 4.79 Å². The van der Waals surface area contributed by atoms with Crippen molar-refractivity contribution in [3.05, 3.63) is 35.9 Å². The molecule has 1 aliphatic rings. The SMILES string of the molecule is CC(C)CC(OC(=O)N1CCOCC1)C(=O)NC(C#N)COCc1ccccc1. The van der Waals surface area contributed by atoms with Gasteiger partial charge in [0.25, 0.3) is 5.91 Å². The number of hydrogen-bond donors (Lipinski definition) is 1. The molecule has 2 atom stereocenters. The Kier molecular flexibility index (Phi) is 9.41. The van der Waals surface area contributed by atoms with E-state index in [0.717, 1.165) is 5.56 Å². The minimum Gasteiger partial charge on any atom is -0.436 e. The first kappa shape index (κ1) is 22.7. The molecule has 1 N–H and O–H groups in total. The van der Waals surface area contributed by atoms with Crippen LogP contribution in [0.3, 0.4) is 0 Å². The van der Waals surface area contributed by atoms with E-state index in [-0.39, 0.29) is 12.5 Å². The van der Waals surface area contributed by atoms with Crippen molar-refractivity contribution in [3.63, 3.8) is 0 Å². The average molecular weight is 403 g/mol. The number of morpholine rings is 1. The van der Waals surface area contributed by atoms with Crippen molar-refractivity contribution in [2.75, 3.05) is 32.9 Å². The first-order chi connectivity index (χ1) is 14.0. The fraction of sp³-hybridized carbons (Fsp3) is 0.571. The molecule has 8 heteroatoms. The lowest BCUT2D eigenvalue weighted by Crippen LogP contribution is -2.48. The Bertz CT molecular complexity index is 683. The molecule has 1 heterocycles. The van der Waals surface area contributed by atoms with Crippen LogP contribution in [0.4, 0.5) is 4.79 Å². The first-order valence-corrected chi connectivity index (χ1v) is 9.84. The fourth-order valence-corrected chi connectivity index (χ4v) is 2.82. The van der Waals surface area contributed by atoms with Crippen LogP contribution in [-0.4, -0.2) is 62.0 Å². The van der Waals surface area contributed by atoms with Crippen molar-refractivity contribution in [2.24, 2.45) is 5.92 Å². The van der Waals surface area contributed by atoms with Gasteiger partial charge >= 0.3 is 6.09 Å². The largest absolute Gasteiger partial charge is 0.436 e. The first-order valence-electron chi connectivity index (χ1n) is 9.84. The van der Waals surface area contributed by atoms with Crippen LogP contribution in [0.1, 0.15) is 25.8 Å². The van der Waals surface area contributed by atoms with Gasteiger partial charge in [0.1, 0.15) is 6.04 Å². The number of nitriles is 1. The molecule has 1 aromatic rings. The Hall–Kier alpha value is -2.63. The third kappa shape index (κ3) is 8.10. The summed E-state index contributed by atoms with van der Waals surface area (Å²) in [7, 11) is 0. The van der Waals surface area contributed by atoms with Crippen LogP contribution in [0.2, 0.25) is 0 Å². The van der Waals surface area contributed by atoms with Gasteiger partial charge in [-0.15, -0.1) is 0 Å². The monoisotopic (exact) mass is 403 g/mol. The van der Waals surface area contributed by atoms with Crippen molar-refractivity contribution in [3.8, 4) is 6.07 Å². The summed E-state index contributed by atoms with van der Waals surface area (Å²) >= 11 is 0. The normalized spacial score (nSPS) is 16.0. The standard InChI is InChI=1S/C21H29N3O5/c1-16(2)12-19(29-21(26)24-8-10-27-11-9-24)20(25)23-18(13-22)15-28-14-17-6-4-3-5-7-17/h3-7,16,18-19H,8-12,14-15H2,1-2H3,(H,23,25). The van der Waals surface area contributed by atoms with E-state index in [2.05, 4.69) is 5.32 Å². The second-order valence-corrected chi connectivity index (χ2v) is 7.29. The molecular formula is C21H29N3O5. The van der Waals surface area contributed by atoms with E-state index >= 15 is 0 Å². The van der Waals surface area contributed by atoms with E-state index in [9.17, 15) is 14.9 Å². The highest BCUT2D eigenvalue weighted by Crippen LogP contribution is 2.12. The zero-order valence-electron chi connectivity index (χ0n) is 17.0. The predicted octanol–water partition coefficient (Wildman–Crippen LogP) is 2.10. The van der Waals surface area contributed by atoms with E-state index in [1.807, 2.05) is 50.2 Å². The Balaban J connectivity index is 1.87. The van der Waals surface area contributed by atoms with Crippen molar-refractivity contribution >= 4 is 12.0 Å². The molecule has 8 nitrogen and oxygen atoms in total. The van der Waals surface area contributed by atoms with Gasteiger partial charge in [0.2, 0.25) is 0 Å². The molecule has 0 aliphatic carbocycles. The summed E-state index contributed by atoms with van der Waals surface area (Å²) in [5.74, 6) is -0.353. The van der Waals surface area contributed by atoms with E-state index < -0.39 is 24.1 Å². The van der Waals surface area contributed by atoms with E-state index in [0.29, 0.717) is 39.3 Å². The molecule has 2 rings (SSSR count). The van der Waals surface area contributed by atoms with E-state index in [1.165, 1.54) is 4.90 Å². The van der Waals surface area contributed by atoms with Gasteiger partial charge in [-0.25, -0.2) is 4.79 Å². The summed E-state index contributed by atoms with van der Waals surface area (Å²) in [5, 5.41) is 12.0. The van der Waals surface area contributed by atoms with Gasteiger partial charge in [0.05, 0.1) is 32.5 Å². The Morgan fingerprint density at radius 1 is 1.24 bits per heavy atom. The number of carbonyl (C=O) groups is 2. The van der Waals surface area contributed by atoms with Crippen molar-refractivity contribution < 1.29 is 23.8 Å². The van der Waals surface area contributed by atoms with Crippen LogP contribution >= 0.6 is 0 Å². The minimum absolute atomic E-state index is 0.0446. The number of nitrogens with one attached hydrogen (secondary N) is 1. The molecule has 0 spiro atoms. The zero-order valence-corrected chi connectivity index (χ0v) is 17.0. The molecule has 2 unspecified atom stereocenters. The summed E-state index contributed by atoms with van der Waals surface area (Å²) in [6, 6.07) is 10.8. The maximum absolute atomic E-state index is 12.7. The fourth-order valence-electron chi connectivity index (χ4n) is 2.82. The highest BCUT2D eigenvalue weighted by atomic mass is 16.6. The third-order valence-corrected chi connectivity index (χ3v) is 4.36. The molecule has 1 aromatic carbocycles. The lowest BCUT2D eigenvalue weighted by atomic mass is 10.1. The highest BCUT2D eigenvalue weighted by molar-refractivity contribution is 5.84. The van der Waals surface area contributed by atoms with Gasteiger partial charge in [-0.2, -0.15) is 5.26 Å². The van der Waals surface area contributed by atoms with Crippen LogP contribution in [-0.2, 0) is 25.6 Å². The molecule has 0 bridgehead atoms. The molecule has 0 radical (unpaired) electrons. The molecule has 1 saturated heterocycles. The summed E-state index contributed by atoms with van der Waals surface area (Å²) in [5.41, 5.74) is 0.979. The second kappa shape index (κ2) is 12.0. The molecule has 1 fully saturated rings. The summed E-state index contributed by atoms with van der Waals surface area (Å²) in [6.45, 7) is 6.03. The molecule has 29 heavy (non-hydrogen) atoms. The van der Waals surface area contributed by atoms with E-state index in [1.54, 1.807) is 0 Å². The van der Waals surface area contributed by atoms with Crippen molar-refractivity contribution in [2.45, 2.75) is 39.0 Å². The number of ether oxygens (including phenoxy) is 3. The predicted molar refractivity (Wildman–Crippen MR) is 106 cm³/mol. The maximum Gasteiger partial charge on any atom is 0.410 e. The second-order valence-electron chi connectivity index (χ2n) is 7.29. The van der Waals surface area contributed by atoms with Gasteiger partial charge in [-0.1, -0.05) is 44.2 Å². The van der Waals surface area contributed by atoms with Crippen LogP contribution in [0.5, 0.6) is 0 Å². The summed E-state index contributed by atoms with van der Waals surface area (Å²) in [4.78, 5) is 26.5. The smallest absolute Gasteiger partial charge is 0.410 e. The number of amides is 2. The maximum atomic E-state index is 12.7. The molecule has 158 valence electrons. The molecule has 1 aliphatic heterocycles. The number of hydrogen-bond acceptors (Lipinski definition) is 6. The highest BCUT2D eigenvalue weighted by Gasteiger charge is 2.29. The number of rotatable bonds is 9. The molecule has 0 aromatic heterocycles. The van der Waals surface area contributed by atoms with E-state index in [4.69, 9.17) is 14.2 Å². The van der Waals surface area contributed by atoms with Crippen molar-refractivity contribution in [1.29, 1.82) is 5.26 Å². The van der Waals surface area contributed by atoms with Crippen LogP contribution in [0.15, 0.2) is 30.3 Å². The van der Waals surface area contributed by atoms with Crippen LogP contribution in [0, 0.1) is 17.2 Å². The van der Waals surface area contributed by atoms with Gasteiger partial charge in [-0.05, 0) is 17.9 Å². The quantitative estimate of drug-likeness (QED) is 0.678. The molecule has 2 amide bonds. The summed E-state index contributed by atoms with van der Waals surface area (Å²) < 4.78 is 16.2. The Labute approximate surface area is 171 Å². The number of nitrogens with zero attached hydrogens (tertiary/aromatic N) is 2. The number of carbonyl (C=O) groups excluding carboxylic acids is 2. The third-order valence-electron chi connectivity index (χ3n) is 4.36. The van der Waals surface area contributed by atoms with Crippen LogP contribution < -0.4 is 5.32 Å². The zero-order chi connectivity index (χ0) is 21.1. The van der Waals surface area contributed by atoms with Crippen molar-refractivity contribution in [1.82, 2.24) is 10.2 Å². The van der Waals surface area contributed by atoms with Gasteiger partial charge in [0.15, 0.2) is 6.10 Å². The lowest BCUT2D eigenvalue weighted by molar-refractivity contribution is -0.132. The Morgan fingerprint density at radius 3 is 2.55 bits per heavy atom. The molecular weight excluding hydrogens is 374 g/mol. The minimum atomic E-state index is -0.963. The molecule has 0 saturated carbocycles.